The number of fused-ring (bicyclic) bond motifs is 4. The third-order valence-electron chi connectivity index (χ3n) is 7.67. The molecule has 2 aromatic carbocycles. The summed E-state index contributed by atoms with van der Waals surface area (Å²) >= 11 is 0. The summed E-state index contributed by atoms with van der Waals surface area (Å²) in [6.07, 6.45) is 4.87. The Morgan fingerprint density at radius 2 is 1.97 bits per heavy atom. The Balaban J connectivity index is 0.00000280. The average Bonchev–Trinajstić information content (AvgIpc) is 3.54. The van der Waals surface area contributed by atoms with E-state index in [4.69, 9.17) is 14.2 Å². The molecule has 2 aliphatic heterocycles. The molecule has 3 aliphatic rings. The van der Waals surface area contributed by atoms with Gasteiger partial charge >= 0.3 is 0 Å². The maximum absolute atomic E-state index is 14.0. The van der Waals surface area contributed by atoms with Crippen LogP contribution in [0.4, 0.5) is 4.39 Å². The van der Waals surface area contributed by atoms with E-state index in [-0.39, 0.29) is 19.3 Å². The lowest BCUT2D eigenvalue weighted by Crippen LogP contribution is -2.50. The van der Waals surface area contributed by atoms with Crippen molar-refractivity contribution in [1.82, 2.24) is 9.47 Å². The van der Waals surface area contributed by atoms with Crippen LogP contribution in [-0.2, 0) is 5.60 Å². The van der Waals surface area contributed by atoms with E-state index in [2.05, 4.69) is 4.57 Å². The third-order valence-corrected chi connectivity index (χ3v) is 7.67. The first-order valence-electron chi connectivity index (χ1n) is 12.5. The van der Waals surface area contributed by atoms with Crippen LogP contribution in [0, 0.1) is 5.82 Å². The van der Waals surface area contributed by atoms with Crippen LogP contribution in [0.5, 0.6) is 17.2 Å². The second-order valence-electron chi connectivity index (χ2n) is 9.78. The van der Waals surface area contributed by atoms with Gasteiger partial charge in [-0.15, -0.1) is 0 Å². The number of rotatable bonds is 4. The predicted octanol–water partition coefficient (Wildman–Crippen LogP) is 4.69. The number of amides is 1. The van der Waals surface area contributed by atoms with E-state index >= 15 is 0 Å². The number of nitrogens with zero attached hydrogens (tertiary/aromatic N) is 2. The number of ether oxygens (including phenoxy) is 3. The van der Waals surface area contributed by atoms with Gasteiger partial charge in [-0.2, -0.15) is 0 Å². The van der Waals surface area contributed by atoms with E-state index in [9.17, 15) is 14.3 Å². The van der Waals surface area contributed by atoms with Crippen molar-refractivity contribution in [3.8, 4) is 22.9 Å². The Labute approximate surface area is 210 Å². The zero-order chi connectivity index (χ0) is 24.9. The van der Waals surface area contributed by atoms with E-state index in [1.165, 1.54) is 12.1 Å². The van der Waals surface area contributed by atoms with Crippen molar-refractivity contribution in [2.45, 2.75) is 49.9 Å². The van der Waals surface area contributed by atoms with Crippen LogP contribution in [0.15, 0.2) is 54.7 Å². The lowest BCUT2D eigenvalue weighted by atomic mass is 9.86. The lowest BCUT2D eigenvalue weighted by molar-refractivity contribution is -0.00951. The fourth-order valence-corrected chi connectivity index (χ4v) is 5.71. The number of hydrogen-bond donors (Lipinski definition) is 1. The molecule has 1 amide bonds. The maximum atomic E-state index is 14.0. The van der Waals surface area contributed by atoms with Crippen molar-refractivity contribution >= 4 is 5.91 Å². The van der Waals surface area contributed by atoms with Crippen molar-refractivity contribution in [3.05, 3.63) is 71.8 Å². The summed E-state index contributed by atoms with van der Waals surface area (Å²) in [6.45, 7) is 1.01. The number of hydrogen-bond acceptors (Lipinski definition) is 5. The highest BCUT2D eigenvalue weighted by Gasteiger charge is 2.44. The number of methoxy groups -OCH3 is 1. The van der Waals surface area contributed by atoms with Crippen molar-refractivity contribution in [2.24, 2.45) is 0 Å². The first-order chi connectivity index (χ1) is 17.5. The maximum Gasteiger partial charge on any atom is 0.253 e. The van der Waals surface area contributed by atoms with Gasteiger partial charge in [0.25, 0.3) is 5.91 Å². The van der Waals surface area contributed by atoms with E-state index in [0.29, 0.717) is 48.7 Å². The van der Waals surface area contributed by atoms with Crippen LogP contribution in [0.25, 0.3) is 5.69 Å². The fraction of sp³-hybridized carbons (Fsp3) is 0.393. The smallest absolute Gasteiger partial charge is 0.253 e. The minimum Gasteiger partial charge on any atom is -0.493 e. The topological polar surface area (TPSA) is 73.2 Å². The second kappa shape index (κ2) is 8.85. The van der Waals surface area contributed by atoms with E-state index in [1.54, 1.807) is 31.4 Å². The molecule has 2 fully saturated rings. The summed E-state index contributed by atoms with van der Waals surface area (Å²) in [6, 6.07) is 13.8. The molecule has 0 bridgehead atoms. The van der Waals surface area contributed by atoms with Crippen molar-refractivity contribution in [2.75, 3.05) is 20.2 Å². The van der Waals surface area contributed by atoms with Gasteiger partial charge in [-0.3, -0.25) is 4.79 Å². The Morgan fingerprint density at radius 3 is 2.72 bits per heavy atom. The van der Waals surface area contributed by atoms with Gasteiger partial charge in [0.15, 0.2) is 17.1 Å². The molecule has 0 radical (unpaired) electrons. The fourth-order valence-electron chi connectivity index (χ4n) is 5.71. The molecule has 1 aromatic heterocycles. The molecule has 190 valence electrons. The molecule has 1 spiro atoms. The van der Waals surface area contributed by atoms with E-state index < -0.39 is 11.7 Å². The first kappa shape index (κ1) is 22.9. The number of carbonyl (C=O) groups excluding carboxylic acids is 1. The molecule has 8 heteroatoms. The minimum atomic E-state index is -0.613. The number of likely N-dealkylation sites (tertiary alicyclic amines) is 1. The predicted molar refractivity (Wildman–Crippen MR) is 133 cm³/mol. The second-order valence-corrected chi connectivity index (χ2v) is 9.78. The van der Waals surface area contributed by atoms with Crippen molar-refractivity contribution in [3.63, 3.8) is 0 Å². The number of aliphatic hydroxyl groups is 1. The molecule has 1 saturated heterocycles. The number of benzene rings is 2. The average molecular weight is 495 g/mol. The number of aromatic nitrogens is 1. The molecule has 1 N–H and O–H groups in total. The number of aliphatic hydroxyl groups excluding tert-OH is 1. The van der Waals surface area contributed by atoms with Gasteiger partial charge in [0, 0.05) is 45.2 Å². The standard InChI is InChI=1S/C28H29FN2O5.H2/c1-34-25-16-18(7-10-23(25)35-22-5-2-4-21(22)32)27(33)30-14-11-28(12-15-30)26-6-3-13-31(26)20-9-8-19(29)17-24(20)36-28;/h3,6-10,13,16-17,21-22,32H,2,4-5,11-12,14-15H2,1H3;1H/t21-,22-;/m1./s1. The molecule has 6 rings (SSSR count). The van der Waals surface area contributed by atoms with Gasteiger partial charge in [0.1, 0.15) is 17.7 Å². The van der Waals surface area contributed by atoms with Crippen molar-refractivity contribution < 1.29 is 29.9 Å². The third kappa shape index (κ3) is 3.80. The molecule has 3 heterocycles. The highest BCUT2D eigenvalue weighted by molar-refractivity contribution is 5.95. The molecule has 7 nitrogen and oxygen atoms in total. The SMILES string of the molecule is COc1cc(C(=O)N2CCC3(CC2)Oc2cc(F)ccc2-n2cccc23)ccc1O[C@@H]1CCC[C@H]1O.[HH]. The lowest BCUT2D eigenvalue weighted by Gasteiger charge is -2.45. The number of halogens is 1. The number of piperidine rings is 1. The largest absolute Gasteiger partial charge is 0.493 e. The summed E-state index contributed by atoms with van der Waals surface area (Å²) < 4.78 is 33.9. The van der Waals surface area contributed by atoms with Gasteiger partial charge in [0.2, 0.25) is 0 Å². The summed E-state index contributed by atoms with van der Waals surface area (Å²) in [5.74, 6) is 1.09. The molecule has 36 heavy (non-hydrogen) atoms. The highest BCUT2D eigenvalue weighted by Crippen LogP contribution is 2.45. The summed E-state index contributed by atoms with van der Waals surface area (Å²) in [7, 11) is 1.54. The normalized spacial score (nSPS) is 22.0. The first-order valence-corrected chi connectivity index (χ1v) is 12.5. The summed E-state index contributed by atoms with van der Waals surface area (Å²) in [5, 5.41) is 10.1. The van der Waals surface area contributed by atoms with Gasteiger partial charge < -0.3 is 28.8 Å². The molecule has 1 aliphatic carbocycles. The van der Waals surface area contributed by atoms with Gasteiger partial charge in [-0.1, -0.05) is 0 Å². The Bertz CT molecular complexity index is 1300. The molecule has 2 atom stereocenters. The van der Waals surface area contributed by atoms with Crippen LogP contribution >= 0.6 is 0 Å². The van der Waals surface area contributed by atoms with Gasteiger partial charge in [-0.05, 0) is 61.7 Å². The van der Waals surface area contributed by atoms with Crippen molar-refractivity contribution in [1.29, 1.82) is 0 Å². The number of carbonyl (C=O) groups is 1. The molecule has 0 unspecified atom stereocenters. The molecule has 3 aromatic rings. The van der Waals surface area contributed by atoms with E-state index in [1.807, 2.05) is 23.2 Å². The van der Waals surface area contributed by atoms with Gasteiger partial charge in [0.05, 0.1) is 24.6 Å². The Morgan fingerprint density at radius 1 is 1.14 bits per heavy atom. The zero-order valence-electron chi connectivity index (χ0n) is 20.2. The van der Waals surface area contributed by atoms with Crippen LogP contribution < -0.4 is 14.2 Å². The molecular weight excluding hydrogens is 463 g/mol. The highest BCUT2D eigenvalue weighted by atomic mass is 19.1. The molecule has 1 saturated carbocycles. The molecular formula is C28H31FN2O5. The zero-order valence-corrected chi connectivity index (χ0v) is 20.2. The van der Waals surface area contributed by atoms with E-state index in [0.717, 1.165) is 30.6 Å². The van der Waals surface area contributed by atoms with Gasteiger partial charge in [-0.25, -0.2) is 4.39 Å². The monoisotopic (exact) mass is 494 g/mol. The van der Waals surface area contributed by atoms with Crippen LogP contribution in [0.1, 0.15) is 49.6 Å². The quantitative estimate of drug-likeness (QED) is 0.570. The van der Waals surface area contributed by atoms with Crippen LogP contribution in [0.2, 0.25) is 0 Å². The summed E-state index contributed by atoms with van der Waals surface area (Å²) in [5.41, 5.74) is 1.74. The summed E-state index contributed by atoms with van der Waals surface area (Å²) in [4.78, 5) is 15.2. The van der Waals surface area contributed by atoms with Crippen LogP contribution in [-0.4, -0.2) is 52.9 Å². The minimum absolute atomic E-state index is 0. The Hall–Kier alpha value is -3.52. The Kier molecular flexibility index (Phi) is 5.63. The van der Waals surface area contributed by atoms with Crippen LogP contribution in [0.3, 0.4) is 0 Å².